The third-order valence-electron chi connectivity index (χ3n) is 5.49. The number of aryl methyl sites for hydroxylation is 1. The number of likely N-dealkylation sites (N-methyl/N-ethyl adjacent to an activating group) is 1. The van der Waals surface area contributed by atoms with Gasteiger partial charge in [0.25, 0.3) is 0 Å². The zero-order chi connectivity index (χ0) is 19.1. The van der Waals surface area contributed by atoms with E-state index in [9.17, 15) is 0 Å². The monoisotopic (exact) mass is 374 g/mol. The molecular weight excluding hydrogens is 352 g/mol. The summed E-state index contributed by atoms with van der Waals surface area (Å²) in [6.07, 6.45) is 10.4. The van der Waals surface area contributed by atoms with Crippen molar-refractivity contribution in [3.05, 3.63) is 49.3 Å². The number of fused-ring (bicyclic) bond motifs is 1. The molecule has 1 aliphatic rings. The smallest absolute Gasteiger partial charge is 0.142 e. The Balaban J connectivity index is 1.32. The molecule has 0 bridgehead atoms. The van der Waals surface area contributed by atoms with Gasteiger partial charge in [0.2, 0.25) is 0 Å². The number of nitrogens with zero attached hydrogens (tertiary/aromatic N) is 7. The summed E-state index contributed by atoms with van der Waals surface area (Å²) in [5, 5.41) is 5.30. The lowest BCUT2D eigenvalue weighted by Crippen LogP contribution is -2.35. The molecular formula is C20H22N8. The van der Waals surface area contributed by atoms with Gasteiger partial charge in [0.05, 0.1) is 11.6 Å². The average Bonchev–Trinajstić information content (AvgIpc) is 3.47. The SMILES string of the molecule is CN(c1ccc(-c2cnn(C)c2)cn1)[C@@H]1CCN(c2ncnc3[nH]ccc23)C1. The number of hydrogen-bond donors (Lipinski definition) is 1. The summed E-state index contributed by atoms with van der Waals surface area (Å²) in [5.41, 5.74) is 3.04. The Kier molecular flexibility index (Phi) is 3.96. The van der Waals surface area contributed by atoms with Crippen molar-refractivity contribution in [2.45, 2.75) is 12.5 Å². The zero-order valence-electron chi connectivity index (χ0n) is 15.9. The molecule has 1 N–H and O–H groups in total. The van der Waals surface area contributed by atoms with Crippen molar-refractivity contribution in [2.75, 3.05) is 29.9 Å². The summed E-state index contributed by atoms with van der Waals surface area (Å²) in [6, 6.07) is 6.62. The minimum atomic E-state index is 0.390. The molecule has 0 aromatic carbocycles. The van der Waals surface area contributed by atoms with Gasteiger partial charge in [0.15, 0.2) is 0 Å². The fourth-order valence-corrected chi connectivity index (χ4v) is 3.88. The van der Waals surface area contributed by atoms with E-state index >= 15 is 0 Å². The fourth-order valence-electron chi connectivity index (χ4n) is 3.88. The Morgan fingerprint density at radius 3 is 2.82 bits per heavy atom. The molecule has 4 aromatic rings. The van der Waals surface area contributed by atoms with Gasteiger partial charge in [-0.1, -0.05) is 0 Å². The normalized spacial score (nSPS) is 16.8. The first-order valence-electron chi connectivity index (χ1n) is 9.40. The Labute approximate surface area is 162 Å². The molecule has 142 valence electrons. The lowest BCUT2D eigenvalue weighted by molar-refractivity contribution is 0.684. The highest BCUT2D eigenvalue weighted by Crippen LogP contribution is 2.28. The molecule has 5 heterocycles. The van der Waals surface area contributed by atoms with E-state index in [-0.39, 0.29) is 0 Å². The second-order valence-electron chi connectivity index (χ2n) is 7.24. The fraction of sp³-hybridized carbons (Fsp3) is 0.300. The molecule has 1 saturated heterocycles. The minimum absolute atomic E-state index is 0.390. The van der Waals surface area contributed by atoms with E-state index < -0.39 is 0 Å². The second-order valence-corrected chi connectivity index (χ2v) is 7.24. The molecule has 0 saturated carbocycles. The van der Waals surface area contributed by atoms with Crippen LogP contribution >= 0.6 is 0 Å². The van der Waals surface area contributed by atoms with Crippen molar-refractivity contribution >= 4 is 22.7 Å². The molecule has 0 amide bonds. The highest BCUT2D eigenvalue weighted by atomic mass is 15.3. The molecule has 5 rings (SSSR count). The van der Waals surface area contributed by atoms with Crippen molar-refractivity contribution in [1.82, 2.24) is 29.7 Å². The van der Waals surface area contributed by atoms with E-state index in [4.69, 9.17) is 0 Å². The molecule has 1 atom stereocenters. The van der Waals surface area contributed by atoms with Crippen LogP contribution in [0.25, 0.3) is 22.2 Å². The number of nitrogens with one attached hydrogen (secondary N) is 1. The Hall–Kier alpha value is -3.42. The molecule has 8 nitrogen and oxygen atoms in total. The number of rotatable bonds is 4. The van der Waals surface area contributed by atoms with Crippen LogP contribution < -0.4 is 9.80 Å². The lowest BCUT2D eigenvalue weighted by atomic mass is 10.1. The van der Waals surface area contributed by atoms with Crippen molar-refractivity contribution in [3.63, 3.8) is 0 Å². The number of pyridine rings is 1. The number of anilines is 2. The van der Waals surface area contributed by atoms with Gasteiger partial charge in [0.1, 0.15) is 23.6 Å². The molecule has 8 heteroatoms. The molecule has 4 aromatic heterocycles. The summed E-state index contributed by atoms with van der Waals surface area (Å²) >= 11 is 0. The average molecular weight is 374 g/mol. The van der Waals surface area contributed by atoms with Crippen molar-refractivity contribution in [3.8, 4) is 11.1 Å². The van der Waals surface area contributed by atoms with Gasteiger partial charge in [-0.3, -0.25) is 4.68 Å². The molecule has 1 aliphatic heterocycles. The van der Waals surface area contributed by atoms with Crippen LogP contribution in [-0.4, -0.2) is 55.9 Å². The molecule has 0 unspecified atom stereocenters. The first kappa shape index (κ1) is 16.7. The number of H-pyrrole nitrogens is 1. The molecule has 0 aliphatic carbocycles. The molecule has 0 spiro atoms. The summed E-state index contributed by atoms with van der Waals surface area (Å²) in [5.74, 6) is 1.98. The van der Waals surface area contributed by atoms with Gasteiger partial charge in [0, 0.05) is 62.9 Å². The third kappa shape index (κ3) is 2.87. The van der Waals surface area contributed by atoms with Crippen LogP contribution in [0.5, 0.6) is 0 Å². The Morgan fingerprint density at radius 2 is 2.04 bits per heavy atom. The second kappa shape index (κ2) is 6.63. The van der Waals surface area contributed by atoms with E-state index in [1.54, 1.807) is 11.0 Å². The van der Waals surface area contributed by atoms with Crippen LogP contribution in [0.4, 0.5) is 11.6 Å². The predicted octanol–water partition coefficient (Wildman–Crippen LogP) is 2.47. The minimum Gasteiger partial charge on any atom is -0.355 e. The standard InChI is InChI=1S/C20H22N8/c1-26-11-15(10-25-26)14-3-4-18(22-9-14)27(2)16-6-8-28(12-16)20-17-5-7-21-19(17)23-13-24-20/h3-5,7,9-11,13,16H,6,8,12H2,1-2H3,(H,21,23,24)/t16-/m1/s1. The molecule has 1 fully saturated rings. The van der Waals surface area contributed by atoms with E-state index in [0.29, 0.717) is 6.04 Å². The summed E-state index contributed by atoms with van der Waals surface area (Å²) in [6.45, 7) is 1.89. The van der Waals surface area contributed by atoms with Gasteiger partial charge in [-0.15, -0.1) is 0 Å². The first-order chi connectivity index (χ1) is 13.7. The van der Waals surface area contributed by atoms with Crippen molar-refractivity contribution in [2.24, 2.45) is 7.05 Å². The summed E-state index contributed by atoms with van der Waals surface area (Å²) < 4.78 is 1.80. The maximum absolute atomic E-state index is 4.69. The van der Waals surface area contributed by atoms with Gasteiger partial charge in [-0.05, 0) is 24.6 Å². The van der Waals surface area contributed by atoms with E-state index in [1.165, 1.54) is 0 Å². The summed E-state index contributed by atoms with van der Waals surface area (Å²) in [7, 11) is 4.04. The van der Waals surface area contributed by atoms with Gasteiger partial charge in [-0.2, -0.15) is 5.10 Å². The van der Waals surface area contributed by atoms with E-state index in [2.05, 4.69) is 54.0 Å². The van der Waals surface area contributed by atoms with E-state index in [1.807, 2.05) is 37.9 Å². The topological polar surface area (TPSA) is 78.8 Å². The molecule has 0 radical (unpaired) electrons. The maximum Gasteiger partial charge on any atom is 0.142 e. The highest BCUT2D eigenvalue weighted by Gasteiger charge is 2.28. The van der Waals surface area contributed by atoms with Crippen LogP contribution in [0.2, 0.25) is 0 Å². The Morgan fingerprint density at radius 1 is 1.11 bits per heavy atom. The van der Waals surface area contributed by atoms with Crippen LogP contribution in [-0.2, 0) is 7.05 Å². The lowest BCUT2D eigenvalue weighted by Gasteiger charge is -2.26. The van der Waals surface area contributed by atoms with Crippen LogP contribution in [0.15, 0.2) is 49.3 Å². The summed E-state index contributed by atoms with van der Waals surface area (Å²) in [4.78, 5) is 21.3. The van der Waals surface area contributed by atoms with Crippen LogP contribution in [0.3, 0.4) is 0 Å². The maximum atomic E-state index is 4.69. The van der Waals surface area contributed by atoms with Crippen LogP contribution in [0, 0.1) is 0 Å². The highest BCUT2D eigenvalue weighted by molar-refractivity contribution is 5.87. The van der Waals surface area contributed by atoms with Crippen molar-refractivity contribution in [1.29, 1.82) is 0 Å². The van der Waals surface area contributed by atoms with E-state index in [0.717, 1.165) is 53.3 Å². The number of hydrogen-bond acceptors (Lipinski definition) is 6. The van der Waals surface area contributed by atoms with Crippen LogP contribution in [0.1, 0.15) is 6.42 Å². The van der Waals surface area contributed by atoms with Gasteiger partial charge in [-0.25, -0.2) is 15.0 Å². The largest absolute Gasteiger partial charge is 0.355 e. The quantitative estimate of drug-likeness (QED) is 0.591. The molecule has 28 heavy (non-hydrogen) atoms. The zero-order valence-corrected chi connectivity index (χ0v) is 15.9. The third-order valence-corrected chi connectivity index (χ3v) is 5.49. The Bertz CT molecular complexity index is 1100. The van der Waals surface area contributed by atoms with Crippen molar-refractivity contribution < 1.29 is 0 Å². The number of aromatic nitrogens is 6. The first-order valence-corrected chi connectivity index (χ1v) is 9.40. The van der Waals surface area contributed by atoms with Gasteiger partial charge >= 0.3 is 0 Å². The van der Waals surface area contributed by atoms with Gasteiger partial charge < -0.3 is 14.8 Å². The number of aromatic amines is 1. The predicted molar refractivity (Wildman–Crippen MR) is 109 cm³/mol.